The maximum atomic E-state index is 12.9. The number of hydrogen-bond acceptors (Lipinski definition) is 7. The van der Waals surface area contributed by atoms with Gasteiger partial charge >= 0.3 is 0 Å². The predicted octanol–water partition coefficient (Wildman–Crippen LogP) is 3.90. The Kier molecular flexibility index (Phi) is 7.03. The monoisotopic (exact) mass is 505 g/mol. The first-order valence-electron chi connectivity index (χ1n) is 12.6. The van der Waals surface area contributed by atoms with E-state index < -0.39 is 5.91 Å². The van der Waals surface area contributed by atoms with Crippen molar-refractivity contribution in [2.75, 3.05) is 50.6 Å². The van der Waals surface area contributed by atoms with Crippen molar-refractivity contribution >= 4 is 34.2 Å². The summed E-state index contributed by atoms with van der Waals surface area (Å²) in [4.78, 5) is 42.5. The van der Waals surface area contributed by atoms with Crippen molar-refractivity contribution in [2.24, 2.45) is 5.92 Å². The van der Waals surface area contributed by atoms with Gasteiger partial charge < -0.3 is 29.0 Å². The molecular weight excluding hydrogens is 474 g/mol. The summed E-state index contributed by atoms with van der Waals surface area (Å²) in [6, 6.07) is 11.8. The second-order valence-electron chi connectivity index (χ2n) is 9.47. The first-order chi connectivity index (χ1) is 18.0. The van der Waals surface area contributed by atoms with Gasteiger partial charge in [-0.05, 0) is 37.1 Å². The molecule has 0 radical (unpaired) electrons. The maximum Gasteiger partial charge on any atom is 0.291 e. The lowest BCUT2D eigenvalue weighted by atomic mass is 10.1. The van der Waals surface area contributed by atoms with Gasteiger partial charge in [0.05, 0.1) is 14.2 Å². The number of ether oxygens (including phenoxy) is 2. The fourth-order valence-electron chi connectivity index (χ4n) is 5.18. The Balaban J connectivity index is 1.24. The molecule has 1 saturated carbocycles. The van der Waals surface area contributed by atoms with Crippen molar-refractivity contribution in [3.63, 3.8) is 0 Å². The summed E-state index contributed by atoms with van der Waals surface area (Å²) in [5, 5.41) is 3.03. The summed E-state index contributed by atoms with van der Waals surface area (Å²) in [5.41, 5.74) is 1.43. The number of anilines is 2. The van der Waals surface area contributed by atoms with E-state index in [1.165, 1.54) is 14.2 Å². The summed E-state index contributed by atoms with van der Waals surface area (Å²) >= 11 is 0. The molecule has 1 N–H and O–H groups in total. The molecule has 2 aliphatic rings. The molecule has 0 bridgehead atoms. The lowest BCUT2D eigenvalue weighted by Crippen LogP contribution is -2.50. The largest absolute Gasteiger partial charge is 0.496 e. The van der Waals surface area contributed by atoms with Gasteiger partial charge in [0, 0.05) is 61.7 Å². The molecule has 194 valence electrons. The van der Waals surface area contributed by atoms with Crippen LogP contribution < -0.4 is 25.1 Å². The van der Waals surface area contributed by atoms with Gasteiger partial charge in [0.25, 0.3) is 5.91 Å². The minimum Gasteiger partial charge on any atom is -0.496 e. The van der Waals surface area contributed by atoms with E-state index in [9.17, 15) is 14.4 Å². The third kappa shape index (κ3) is 5.12. The molecule has 0 unspecified atom stereocenters. The van der Waals surface area contributed by atoms with Gasteiger partial charge in [-0.1, -0.05) is 12.8 Å². The van der Waals surface area contributed by atoms with Crippen LogP contribution in [0.2, 0.25) is 0 Å². The summed E-state index contributed by atoms with van der Waals surface area (Å²) < 4.78 is 16.3. The molecule has 2 amide bonds. The van der Waals surface area contributed by atoms with Crippen molar-refractivity contribution in [1.82, 2.24) is 4.90 Å². The number of rotatable bonds is 6. The lowest BCUT2D eigenvalue weighted by molar-refractivity contribution is -0.135. The van der Waals surface area contributed by atoms with E-state index in [4.69, 9.17) is 13.9 Å². The third-order valence-corrected chi connectivity index (χ3v) is 7.23. The molecule has 0 atom stereocenters. The molecule has 37 heavy (non-hydrogen) atoms. The van der Waals surface area contributed by atoms with E-state index in [1.54, 1.807) is 12.1 Å². The molecular formula is C28H31N3O6. The van der Waals surface area contributed by atoms with Crippen molar-refractivity contribution in [1.29, 1.82) is 0 Å². The summed E-state index contributed by atoms with van der Waals surface area (Å²) in [6.07, 6.45) is 4.37. The van der Waals surface area contributed by atoms with Gasteiger partial charge in [-0.2, -0.15) is 0 Å². The Morgan fingerprint density at radius 1 is 0.946 bits per heavy atom. The zero-order valence-corrected chi connectivity index (χ0v) is 21.1. The molecule has 0 spiro atoms. The SMILES string of the molecule is COc1cc(OC)c2c(=O)cc(C(=O)Nc3ccc(N4CCN(C(=O)C5CCCC5)CC4)cc3)oc2c1. The second-order valence-corrected chi connectivity index (χ2v) is 9.47. The number of carbonyl (C=O) groups excluding carboxylic acids is 2. The number of fused-ring (bicyclic) bond motifs is 1. The number of methoxy groups -OCH3 is 2. The van der Waals surface area contributed by atoms with E-state index in [1.807, 2.05) is 29.2 Å². The van der Waals surface area contributed by atoms with Crippen molar-refractivity contribution < 1.29 is 23.5 Å². The highest BCUT2D eigenvalue weighted by atomic mass is 16.5. The number of amides is 2. The van der Waals surface area contributed by atoms with Crippen LogP contribution in [0.25, 0.3) is 11.0 Å². The van der Waals surface area contributed by atoms with E-state index >= 15 is 0 Å². The van der Waals surface area contributed by atoms with Gasteiger partial charge in [0.1, 0.15) is 22.5 Å². The highest BCUT2D eigenvalue weighted by Crippen LogP contribution is 2.30. The number of benzene rings is 2. The fourth-order valence-corrected chi connectivity index (χ4v) is 5.18. The van der Waals surface area contributed by atoms with Crippen LogP contribution in [0.4, 0.5) is 11.4 Å². The van der Waals surface area contributed by atoms with Gasteiger partial charge in [-0.3, -0.25) is 14.4 Å². The molecule has 2 fully saturated rings. The molecule has 1 aliphatic carbocycles. The average Bonchev–Trinajstić information content (AvgIpc) is 3.47. The van der Waals surface area contributed by atoms with Gasteiger partial charge in [0.2, 0.25) is 5.91 Å². The molecule has 2 aromatic carbocycles. The van der Waals surface area contributed by atoms with Crippen LogP contribution in [0, 0.1) is 5.92 Å². The van der Waals surface area contributed by atoms with Crippen LogP contribution in [-0.4, -0.2) is 57.1 Å². The number of hydrogen-bond donors (Lipinski definition) is 1. The maximum absolute atomic E-state index is 12.9. The molecule has 2 heterocycles. The van der Waals surface area contributed by atoms with Gasteiger partial charge in [-0.15, -0.1) is 0 Å². The van der Waals surface area contributed by atoms with Crippen molar-refractivity contribution in [3.8, 4) is 11.5 Å². The van der Waals surface area contributed by atoms with E-state index in [0.717, 1.165) is 63.6 Å². The molecule has 9 heteroatoms. The van der Waals surface area contributed by atoms with Gasteiger partial charge in [0.15, 0.2) is 11.2 Å². The fraction of sp³-hybridized carbons (Fsp3) is 0.393. The molecule has 9 nitrogen and oxygen atoms in total. The third-order valence-electron chi connectivity index (χ3n) is 7.23. The Morgan fingerprint density at radius 2 is 1.65 bits per heavy atom. The van der Waals surface area contributed by atoms with Crippen LogP contribution in [0.5, 0.6) is 11.5 Å². The summed E-state index contributed by atoms with van der Waals surface area (Å²) in [6.45, 7) is 3.01. The van der Waals surface area contributed by atoms with E-state index in [-0.39, 0.29) is 28.1 Å². The highest BCUT2D eigenvalue weighted by molar-refractivity contribution is 6.03. The molecule has 3 aromatic rings. The molecule has 5 rings (SSSR count). The minimum atomic E-state index is -0.535. The van der Waals surface area contributed by atoms with Crippen LogP contribution >= 0.6 is 0 Å². The van der Waals surface area contributed by atoms with Crippen molar-refractivity contribution in [2.45, 2.75) is 25.7 Å². The Bertz CT molecular complexity index is 1350. The van der Waals surface area contributed by atoms with E-state index in [0.29, 0.717) is 23.1 Å². The average molecular weight is 506 g/mol. The minimum absolute atomic E-state index is 0.111. The quantitative estimate of drug-likeness (QED) is 0.542. The second kappa shape index (κ2) is 10.5. The first-order valence-corrected chi connectivity index (χ1v) is 12.6. The molecule has 1 aromatic heterocycles. The Morgan fingerprint density at radius 3 is 2.30 bits per heavy atom. The molecule has 1 aliphatic heterocycles. The number of carbonyl (C=O) groups is 2. The zero-order chi connectivity index (χ0) is 25.9. The van der Waals surface area contributed by atoms with Crippen LogP contribution in [0.1, 0.15) is 36.2 Å². The summed E-state index contributed by atoms with van der Waals surface area (Å²) in [5.74, 6) is 0.643. The van der Waals surface area contributed by atoms with Crippen molar-refractivity contribution in [3.05, 3.63) is 58.4 Å². The van der Waals surface area contributed by atoms with Gasteiger partial charge in [-0.25, -0.2) is 0 Å². The standard InChI is InChI=1S/C28H31N3O6/c1-35-21-15-23(36-2)26-22(32)17-25(37-24(26)16-21)27(33)29-19-7-9-20(10-8-19)30-11-13-31(14-12-30)28(34)18-5-3-4-6-18/h7-10,15-18H,3-6,11-14H2,1-2H3,(H,29,33). The predicted molar refractivity (Wildman–Crippen MR) is 141 cm³/mol. The smallest absolute Gasteiger partial charge is 0.291 e. The lowest BCUT2D eigenvalue weighted by Gasteiger charge is -2.37. The van der Waals surface area contributed by atoms with E-state index in [2.05, 4.69) is 10.2 Å². The zero-order valence-electron chi connectivity index (χ0n) is 21.1. The number of piperazine rings is 1. The topological polar surface area (TPSA) is 101 Å². The van der Waals surface area contributed by atoms with Crippen LogP contribution in [0.3, 0.4) is 0 Å². The first kappa shape index (κ1) is 24.7. The normalized spacial score (nSPS) is 16.2. The summed E-state index contributed by atoms with van der Waals surface area (Å²) in [7, 11) is 2.95. The molecule has 1 saturated heterocycles. The number of nitrogens with one attached hydrogen (secondary N) is 1. The van der Waals surface area contributed by atoms with Crippen LogP contribution in [0.15, 0.2) is 51.7 Å². The number of nitrogens with zero attached hydrogens (tertiary/aromatic N) is 2. The Labute approximate surface area is 214 Å². The van der Waals surface area contributed by atoms with Crippen LogP contribution in [-0.2, 0) is 4.79 Å². The highest BCUT2D eigenvalue weighted by Gasteiger charge is 2.29. The Hall–Kier alpha value is -4.01.